The van der Waals surface area contributed by atoms with Crippen molar-refractivity contribution in [1.82, 2.24) is 14.8 Å². The maximum atomic E-state index is 11.2. The SMILES string of the molecule is CN(CCS(C)(=O)=O)c1nnc(SCC(=O)O)n1C1CC1. The quantitative estimate of drug-likeness (QED) is 0.675. The van der Waals surface area contributed by atoms with Gasteiger partial charge in [-0.25, -0.2) is 8.42 Å². The van der Waals surface area contributed by atoms with E-state index in [-0.39, 0.29) is 17.5 Å². The standard InChI is InChI=1S/C11H18N4O4S2/c1-14(5-6-21(2,18)19)10-12-13-11(20-7-9(16)17)15(10)8-3-4-8/h8H,3-7H2,1-2H3,(H,16,17). The van der Waals surface area contributed by atoms with Crippen LogP contribution in [0.15, 0.2) is 5.16 Å². The lowest BCUT2D eigenvalue weighted by atomic mass is 10.6. The minimum absolute atomic E-state index is 0.0403. The third-order valence-electron chi connectivity index (χ3n) is 3.02. The topological polar surface area (TPSA) is 105 Å². The molecule has 0 aromatic carbocycles. The van der Waals surface area contributed by atoms with Gasteiger partial charge in [0.15, 0.2) is 5.16 Å². The van der Waals surface area contributed by atoms with E-state index in [1.165, 1.54) is 6.26 Å². The van der Waals surface area contributed by atoms with Gasteiger partial charge >= 0.3 is 5.97 Å². The lowest BCUT2D eigenvalue weighted by Crippen LogP contribution is -2.27. The van der Waals surface area contributed by atoms with Crippen molar-refractivity contribution < 1.29 is 18.3 Å². The van der Waals surface area contributed by atoms with Crippen molar-refractivity contribution in [3.63, 3.8) is 0 Å². The molecule has 1 aromatic rings. The van der Waals surface area contributed by atoms with Crippen LogP contribution >= 0.6 is 11.8 Å². The first kappa shape index (κ1) is 16.1. The van der Waals surface area contributed by atoms with E-state index in [0.29, 0.717) is 17.6 Å². The highest BCUT2D eigenvalue weighted by molar-refractivity contribution is 7.99. The molecule has 0 amide bonds. The lowest BCUT2D eigenvalue weighted by molar-refractivity contribution is -0.133. The number of nitrogens with zero attached hydrogens (tertiary/aromatic N) is 4. The Morgan fingerprint density at radius 3 is 2.67 bits per heavy atom. The Bertz CT molecular complexity index is 624. The second-order valence-electron chi connectivity index (χ2n) is 5.12. The van der Waals surface area contributed by atoms with Gasteiger partial charge in [-0.05, 0) is 12.8 Å². The average Bonchev–Trinajstić information content (AvgIpc) is 3.12. The molecule has 1 aliphatic carbocycles. The van der Waals surface area contributed by atoms with E-state index in [0.717, 1.165) is 24.6 Å². The number of hydrogen-bond donors (Lipinski definition) is 1. The van der Waals surface area contributed by atoms with Gasteiger partial charge in [0.05, 0.1) is 11.5 Å². The Morgan fingerprint density at radius 1 is 1.48 bits per heavy atom. The summed E-state index contributed by atoms with van der Waals surface area (Å²) >= 11 is 1.13. The van der Waals surface area contributed by atoms with Crippen LogP contribution in [0.5, 0.6) is 0 Å². The first-order valence-electron chi connectivity index (χ1n) is 6.46. The van der Waals surface area contributed by atoms with Gasteiger partial charge in [-0.2, -0.15) is 0 Å². The Labute approximate surface area is 127 Å². The third-order valence-corrected chi connectivity index (χ3v) is 4.87. The number of thioether (sulfide) groups is 1. The van der Waals surface area contributed by atoms with Crippen LogP contribution in [0, 0.1) is 0 Å². The summed E-state index contributed by atoms with van der Waals surface area (Å²) in [4.78, 5) is 12.4. The van der Waals surface area contributed by atoms with Gasteiger partial charge in [0.2, 0.25) is 5.95 Å². The molecule has 1 N–H and O–H groups in total. The maximum Gasteiger partial charge on any atom is 0.313 e. The second-order valence-corrected chi connectivity index (χ2v) is 8.32. The average molecular weight is 334 g/mol. The molecule has 0 atom stereocenters. The number of carboxylic acids is 1. The van der Waals surface area contributed by atoms with Crippen LogP contribution < -0.4 is 4.90 Å². The number of carbonyl (C=O) groups is 1. The van der Waals surface area contributed by atoms with Gasteiger partial charge in [-0.3, -0.25) is 9.36 Å². The first-order valence-corrected chi connectivity index (χ1v) is 9.51. The van der Waals surface area contributed by atoms with Gasteiger partial charge in [0.1, 0.15) is 9.84 Å². The molecule has 1 heterocycles. The van der Waals surface area contributed by atoms with Crippen LogP contribution in [0.25, 0.3) is 0 Å². The predicted molar refractivity (Wildman–Crippen MR) is 79.6 cm³/mol. The van der Waals surface area contributed by atoms with Crippen LogP contribution in [0.4, 0.5) is 5.95 Å². The summed E-state index contributed by atoms with van der Waals surface area (Å²) in [5, 5.41) is 17.4. The van der Waals surface area contributed by atoms with Crippen molar-refractivity contribution in [3.8, 4) is 0 Å². The normalized spacial score (nSPS) is 15.1. The molecule has 2 rings (SSSR count). The second kappa shape index (κ2) is 6.22. The van der Waals surface area contributed by atoms with Crippen molar-refractivity contribution in [2.24, 2.45) is 0 Å². The molecular formula is C11H18N4O4S2. The number of sulfone groups is 1. The summed E-state index contributed by atoms with van der Waals surface area (Å²) in [6, 6.07) is 0.284. The van der Waals surface area contributed by atoms with Crippen LogP contribution in [0.2, 0.25) is 0 Å². The van der Waals surface area contributed by atoms with Crippen molar-refractivity contribution in [2.45, 2.75) is 24.0 Å². The number of anilines is 1. The first-order chi connectivity index (χ1) is 9.78. The molecule has 0 unspecified atom stereocenters. The lowest BCUT2D eigenvalue weighted by Gasteiger charge is -2.18. The molecule has 0 aliphatic heterocycles. The van der Waals surface area contributed by atoms with E-state index in [1.807, 2.05) is 4.57 Å². The molecule has 21 heavy (non-hydrogen) atoms. The van der Waals surface area contributed by atoms with Crippen LogP contribution in [-0.2, 0) is 14.6 Å². The molecule has 1 aromatic heterocycles. The largest absolute Gasteiger partial charge is 0.481 e. The van der Waals surface area contributed by atoms with Crippen molar-refractivity contribution in [3.05, 3.63) is 0 Å². The van der Waals surface area contributed by atoms with Crippen LogP contribution in [-0.4, -0.2) is 65.6 Å². The van der Waals surface area contributed by atoms with E-state index in [1.54, 1.807) is 11.9 Å². The van der Waals surface area contributed by atoms with E-state index in [2.05, 4.69) is 10.2 Å². The summed E-state index contributed by atoms with van der Waals surface area (Å²) in [6.07, 6.45) is 3.21. The molecule has 1 saturated carbocycles. The van der Waals surface area contributed by atoms with Crippen molar-refractivity contribution >= 4 is 33.5 Å². The van der Waals surface area contributed by atoms with Crippen molar-refractivity contribution in [1.29, 1.82) is 0 Å². The predicted octanol–water partition coefficient (Wildman–Crippen LogP) is 0.270. The van der Waals surface area contributed by atoms with E-state index in [4.69, 9.17) is 5.11 Å². The fourth-order valence-electron chi connectivity index (χ4n) is 1.81. The van der Waals surface area contributed by atoms with E-state index in [9.17, 15) is 13.2 Å². The van der Waals surface area contributed by atoms with Crippen LogP contribution in [0.1, 0.15) is 18.9 Å². The zero-order valence-corrected chi connectivity index (χ0v) is 13.5. The molecule has 1 fully saturated rings. The molecule has 0 saturated heterocycles. The van der Waals surface area contributed by atoms with Gasteiger partial charge in [0.25, 0.3) is 0 Å². The minimum Gasteiger partial charge on any atom is -0.481 e. The third kappa shape index (κ3) is 4.60. The highest BCUT2D eigenvalue weighted by Crippen LogP contribution is 2.40. The highest BCUT2D eigenvalue weighted by atomic mass is 32.2. The zero-order chi connectivity index (χ0) is 15.6. The minimum atomic E-state index is -3.04. The van der Waals surface area contributed by atoms with Gasteiger partial charge in [-0.1, -0.05) is 11.8 Å². The molecule has 1 aliphatic rings. The summed E-state index contributed by atoms with van der Waals surface area (Å²) in [5.41, 5.74) is 0. The van der Waals surface area contributed by atoms with Gasteiger partial charge in [0, 0.05) is 25.9 Å². The number of carboxylic acid groups (broad SMARTS) is 1. The van der Waals surface area contributed by atoms with Gasteiger partial charge in [-0.15, -0.1) is 10.2 Å². The van der Waals surface area contributed by atoms with Crippen LogP contribution in [0.3, 0.4) is 0 Å². The summed E-state index contributed by atoms with van der Waals surface area (Å²) in [5.74, 6) is -0.345. The summed E-state index contributed by atoms with van der Waals surface area (Å²) < 4.78 is 24.4. The summed E-state index contributed by atoms with van der Waals surface area (Å²) in [7, 11) is -1.28. The fourth-order valence-corrected chi connectivity index (χ4v) is 3.14. The number of hydrogen-bond acceptors (Lipinski definition) is 7. The van der Waals surface area contributed by atoms with E-state index < -0.39 is 15.8 Å². The van der Waals surface area contributed by atoms with Gasteiger partial charge < -0.3 is 10.0 Å². The molecule has 118 valence electrons. The highest BCUT2D eigenvalue weighted by Gasteiger charge is 2.31. The number of aliphatic carboxylic acids is 1. The molecule has 10 heteroatoms. The smallest absolute Gasteiger partial charge is 0.313 e. The maximum absolute atomic E-state index is 11.2. The zero-order valence-electron chi connectivity index (χ0n) is 11.9. The molecule has 0 spiro atoms. The summed E-state index contributed by atoms with van der Waals surface area (Å²) in [6.45, 7) is 0.327. The number of rotatable bonds is 8. The Balaban J connectivity index is 2.13. The molecule has 8 nitrogen and oxygen atoms in total. The monoisotopic (exact) mass is 334 g/mol. The Hall–Kier alpha value is -1.29. The Morgan fingerprint density at radius 2 is 2.14 bits per heavy atom. The Kier molecular flexibility index (Phi) is 4.77. The van der Waals surface area contributed by atoms with Crippen molar-refractivity contribution in [2.75, 3.05) is 36.3 Å². The molecular weight excluding hydrogens is 316 g/mol. The van der Waals surface area contributed by atoms with E-state index >= 15 is 0 Å². The fraction of sp³-hybridized carbons (Fsp3) is 0.727. The molecule has 0 bridgehead atoms. The molecule has 0 radical (unpaired) electrons. The number of aromatic nitrogens is 3.